The van der Waals surface area contributed by atoms with E-state index in [9.17, 15) is 14.0 Å². The highest BCUT2D eigenvalue weighted by Gasteiger charge is 2.25. The van der Waals surface area contributed by atoms with E-state index in [4.69, 9.17) is 0 Å². The molecule has 2 amide bonds. The maximum absolute atomic E-state index is 13.3. The highest BCUT2D eigenvalue weighted by molar-refractivity contribution is 6.39. The Morgan fingerprint density at radius 3 is 2.32 bits per heavy atom. The first-order chi connectivity index (χ1) is 14.8. The second kappa shape index (κ2) is 10.4. The van der Waals surface area contributed by atoms with Gasteiger partial charge in [0.2, 0.25) is 0 Å². The second-order valence-electron chi connectivity index (χ2n) is 8.02. The lowest BCUT2D eigenvalue weighted by atomic mass is 10.0. The van der Waals surface area contributed by atoms with Gasteiger partial charge >= 0.3 is 11.8 Å². The lowest BCUT2D eigenvalue weighted by molar-refractivity contribution is -0.136. The summed E-state index contributed by atoms with van der Waals surface area (Å²) >= 11 is 0. The maximum atomic E-state index is 13.3. The number of amides is 2. The normalized spacial score (nSPS) is 15.9. The number of carbonyl (C=O) groups is 2. The van der Waals surface area contributed by atoms with Crippen molar-refractivity contribution in [2.45, 2.75) is 6.04 Å². The molecule has 0 aromatic heterocycles. The molecule has 7 nitrogen and oxygen atoms in total. The zero-order chi connectivity index (χ0) is 22.4. The number of piperazine rings is 1. The van der Waals surface area contributed by atoms with E-state index in [1.54, 1.807) is 0 Å². The molecular formula is C23H30FN5O2. The molecular weight excluding hydrogens is 397 g/mol. The average molecular weight is 428 g/mol. The standard InChI is InChI=1S/C23H30FN5O2/c1-27(2)20-9-7-17(8-10-20)21(29-13-11-28(3)12-14-29)16-25-22(30)23(31)26-19-6-4-5-18(24)15-19/h4-10,15,21H,11-14,16H2,1-3H3,(H,25,30)(H,26,31)/t21-/m1/s1. The lowest BCUT2D eigenvalue weighted by Crippen LogP contribution is -2.49. The Balaban J connectivity index is 1.67. The zero-order valence-corrected chi connectivity index (χ0v) is 18.3. The minimum Gasteiger partial charge on any atom is -0.378 e. The number of carbonyl (C=O) groups excluding carboxylic acids is 2. The number of benzene rings is 2. The Hall–Kier alpha value is -2.97. The molecule has 0 bridgehead atoms. The third-order valence-corrected chi connectivity index (χ3v) is 5.52. The molecule has 1 heterocycles. The van der Waals surface area contributed by atoms with Crippen LogP contribution in [0.3, 0.4) is 0 Å². The molecule has 166 valence electrons. The van der Waals surface area contributed by atoms with E-state index in [2.05, 4.69) is 51.7 Å². The number of rotatable bonds is 6. The van der Waals surface area contributed by atoms with Gasteiger partial charge < -0.3 is 20.4 Å². The summed E-state index contributed by atoms with van der Waals surface area (Å²) in [5.74, 6) is -2.03. The fourth-order valence-electron chi connectivity index (χ4n) is 3.61. The van der Waals surface area contributed by atoms with E-state index in [1.807, 2.05) is 19.0 Å². The van der Waals surface area contributed by atoms with Gasteiger partial charge in [-0.25, -0.2) is 4.39 Å². The first-order valence-electron chi connectivity index (χ1n) is 10.4. The monoisotopic (exact) mass is 427 g/mol. The van der Waals surface area contributed by atoms with Crippen molar-refractivity contribution >= 4 is 23.2 Å². The van der Waals surface area contributed by atoms with Gasteiger partial charge in [-0.15, -0.1) is 0 Å². The molecule has 1 aliphatic rings. The molecule has 2 N–H and O–H groups in total. The van der Waals surface area contributed by atoms with Crippen molar-refractivity contribution in [2.24, 2.45) is 0 Å². The van der Waals surface area contributed by atoms with E-state index in [-0.39, 0.29) is 11.7 Å². The molecule has 3 rings (SSSR count). The van der Waals surface area contributed by atoms with Gasteiger partial charge in [0.05, 0.1) is 6.04 Å². The molecule has 1 fully saturated rings. The van der Waals surface area contributed by atoms with Gasteiger partial charge in [0, 0.05) is 58.2 Å². The Bertz CT molecular complexity index is 895. The van der Waals surface area contributed by atoms with Gasteiger partial charge in [-0.3, -0.25) is 14.5 Å². The molecule has 0 unspecified atom stereocenters. The highest BCUT2D eigenvalue weighted by Crippen LogP contribution is 2.24. The molecule has 1 aliphatic heterocycles. The van der Waals surface area contributed by atoms with Gasteiger partial charge in [0.25, 0.3) is 0 Å². The van der Waals surface area contributed by atoms with Crippen LogP contribution in [0.5, 0.6) is 0 Å². The average Bonchev–Trinajstić information content (AvgIpc) is 2.75. The third kappa shape index (κ3) is 6.26. The number of hydrogen-bond donors (Lipinski definition) is 2. The topological polar surface area (TPSA) is 67.9 Å². The Labute approximate surface area is 182 Å². The second-order valence-corrected chi connectivity index (χ2v) is 8.02. The van der Waals surface area contributed by atoms with Crippen LogP contribution in [0.4, 0.5) is 15.8 Å². The summed E-state index contributed by atoms with van der Waals surface area (Å²) in [5, 5.41) is 5.19. The van der Waals surface area contributed by atoms with Crippen molar-refractivity contribution in [1.29, 1.82) is 0 Å². The fraction of sp³-hybridized carbons (Fsp3) is 0.391. The zero-order valence-electron chi connectivity index (χ0n) is 18.3. The molecule has 0 spiro atoms. The van der Waals surface area contributed by atoms with Gasteiger partial charge in [-0.1, -0.05) is 18.2 Å². The maximum Gasteiger partial charge on any atom is 0.313 e. The summed E-state index contributed by atoms with van der Waals surface area (Å²) in [7, 11) is 6.07. The van der Waals surface area contributed by atoms with Crippen LogP contribution in [-0.4, -0.2) is 75.5 Å². The van der Waals surface area contributed by atoms with E-state index < -0.39 is 17.6 Å². The predicted octanol–water partition coefficient (Wildman–Crippen LogP) is 1.94. The summed E-state index contributed by atoms with van der Waals surface area (Å²) < 4.78 is 13.3. The first-order valence-corrected chi connectivity index (χ1v) is 10.4. The highest BCUT2D eigenvalue weighted by atomic mass is 19.1. The van der Waals surface area contributed by atoms with Crippen LogP contribution < -0.4 is 15.5 Å². The Kier molecular flexibility index (Phi) is 7.59. The van der Waals surface area contributed by atoms with Gasteiger partial charge in [0.1, 0.15) is 5.82 Å². The number of nitrogens with zero attached hydrogens (tertiary/aromatic N) is 3. The van der Waals surface area contributed by atoms with Crippen LogP contribution in [0.15, 0.2) is 48.5 Å². The minimum absolute atomic E-state index is 0.0455. The fourth-order valence-corrected chi connectivity index (χ4v) is 3.61. The van der Waals surface area contributed by atoms with Crippen molar-refractivity contribution in [3.63, 3.8) is 0 Å². The summed E-state index contributed by atoms with van der Waals surface area (Å²) in [6, 6.07) is 13.7. The minimum atomic E-state index is -0.814. The molecule has 0 saturated carbocycles. The van der Waals surface area contributed by atoms with Crippen molar-refractivity contribution in [3.05, 3.63) is 59.9 Å². The molecule has 1 atom stereocenters. The predicted molar refractivity (Wildman–Crippen MR) is 121 cm³/mol. The quantitative estimate of drug-likeness (QED) is 0.690. The molecule has 2 aromatic rings. The van der Waals surface area contributed by atoms with Crippen molar-refractivity contribution in [3.8, 4) is 0 Å². The third-order valence-electron chi connectivity index (χ3n) is 5.52. The van der Waals surface area contributed by atoms with Crippen LogP contribution in [-0.2, 0) is 9.59 Å². The molecule has 8 heteroatoms. The molecule has 1 saturated heterocycles. The molecule has 0 radical (unpaired) electrons. The molecule has 2 aromatic carbocycles. The van der Waals surface area contributed by atoms with Crippen molar-refractivity contribution in [1.82, 2.24) is 15.1 Å². The van der Waals surface area contributed by atoms with Crippen LogP contribution in [0.1, 0.15) is 11.6 Å². The van der Waals surface area contributed by atoms with E-state index >= 15 is 0 Å². The van der Waals surface area contributed by atoms with Crippen molar-refractivity contribution < 1.29 is 14.0 Å². The Morgan fingerprint density at radius 2 is 1.71 bits per heavy atom. The first kappa shape index (κ1) is 22.7. The van der Waals surface area contributed by atoms with Gasteiger partial charge in [0.15, 0.2) is 0 Å². The number of hydrogen-bond acceptors (Lipinski definition) is 5. The smallest absolute Gasteiger partial charge is 0.313 e. The number of likely N-dealkylation sites (N-methyl/N-ethyl adjacent to an activating group) is 1. The van der Waals surface area contributed by atoms with Crippen LogP contribution in [0.25, 0.3) is 0 Å². The van der Waals surface area contributed by atoms with Crippen LogP contribution in [0, 0.1) is 5.82 Å². The van der Waals surface area contributed by atoms with E-state index in [0.717, 1.165) is 37.4 Å². The summed E-state index contributed by atoms with van der Waals surface area (Å²) in [4.78, 5) is 31.3. The largest absolute Gasteiger partial charge is 0.378 e. The summed E-state index contributed by atoms with van der Waals surface area (Å²) in [5.41, 5.74) is 2.43. The Morgan fingerprint density at radius 1 is 1.03 bits per heavy atom. The van der Waals surface area contributed by atoms with Crippen LogP contribution >= 0.6 is 0 Å². The number of anilines is 2. The number of nitrogens with one attached hydrogen (secondary N) is 2. The van der Waals surface area contributed by atoms with Gasteiger partial charge in [-0.2, -0.15) is 0 Å². The summed E-state index contributed by atoms with van der Waals surface area (Å²) in [6.45, 7) is 3.95. The van der Waals surface area contributed by atoms with E-state index in [0.29, 0.717) is 6.54 Å². The summed E-state index contributed by atoms with van der Waals surface area (Å²) in [6.07, 6.45) is 0. The molecule has 0 aliphatic carbocycles. The molecule has 31 heavy (non-hydrogen) atoms. The number of halogens is 1. The van der Waals surface area contributed by atoms with Gasteiger partial charge in [-0.05, 0) is 42.9 Å². The van der Waals surface area contributed by atoms with E-state index in [1.165, 1.54) is 24.3 Å². The lowest BCUT2D eigenvalue weighted by Gasteiger charge is -2.38. The van der Waals surface area contributed by atoms with Crippen LogP contribution in [0.2, 0.25) is 0 Å². The van der Waals surface area contributed by atoms with Crippen molar-refractivity contribution in [2.75, 3.05) is 64.1 Å². The SMILES string of the molecule is CN1CCN([C@H](CNC(=O)C(=O)Nc2cccc(F)c2)c2ccc(N(C)C)cc2)CC1.